The van der Waals surface area contributed by atoms with Gasteiger partial charge in [0.15, 0.2) is 5.78 Å². The number of rotatable bonds is 3. The van der Waals surface area contributed by atoms with Crippen molar-refractivity contribution in [3.63, 3.8) is 0 Å². The van der Waals surface area contributed by atoms with Gasteiger partial charge in [-0.15, -0.1) is 5.92 Å². The van der Waals surface area contributed by atoms with Crippen LogP contribution < -0.4 is 0 Å². The number of aryl methyl sites for hydroxylation is 2. The van der Waals surface area contributed by atoms with Gasteiger partial charge >= 0.3 is 0 Å². The second-order valence-corrected chi connectivity index (χ2v) is 10.8. The van der Waals surface area contributed by atoms with Crippen LogP contribution in [0.25, 0.3) is 0 Å². The van der Waals surface area contributed by atoms with Crippen LogP contribution in [0.3, 0.4) is 0 Å². The third-order valence-corrected chi connectivity index (χ3v) is 4.73. The molecule has 322 valence electrons. The van der Waals surface area contributed by atoms with Gasteiger partial charge in [-0.1, -0.05) is 205 Å². The van der Waals surface area contributed by atoms with Crippen molar-refractivity contribution in [1.82, 2.24) is 0 Å². The smallest absolute Gasteiger partial charge is 0.159 e. The van der Waals surface area contributed by atoms with Gasteiger partial charge in [-0.3, -0.25) is 4.79 Å². The van der Waals surface area contributed by atoms with Crippen molar-refractivity contribution in [2.24, 2.45) is 0 Å². The van der Waals surface area contributed by atoms with Crippen LogP contribution in [-0.4, -0.2) is 23.1 Å². The standard InChI is InChI=1S/C9H8.C8H8O.2C8H10.3C3H6O.C3H8.4C2H6/c1-2-6-9-7-4-3-5-8-9;1-7(9)8-5-3-2-4-6-8;2*1-2-8-6-4-3-5-7-8;3*1-3(2)4;1-3-2;4*1-2/h3-5,7-8H,1H3;2-6H,1H3;2*3-7H,2H2,1H3;3*1-2H3;3H2,1-2H3;4*1-2H3. The first-order valence-electron chi connectivity index (χ1n) is 20.7. The number of benzene rings is 4. The Hall–Kier alpha value is -4.88. The summed E-state index contributed by atoms with van der Waals surface area (Å²) in [4.78, 5) is 39.0. The second-order valence-electron chi connectivity index (χ2n) is 10.8. The van der Waals surface area contributed by atoms with Crippen LogP contribution >= 0.6 is 0 Å². The molecule has 0 fully saturated rings. The van der Waals surface area contributed by atoms with Crippen molar-refractivity contribution < 1.29 is 19.2 Å². The van der Waals surface area contributed by atoms with Crippen LogP contribution in [0.4, 0.5) is 0 Å². The maximum Gasteiger partial charge on any atom is 0.159 e. The molecule has 4 aromatic carbocycles. The SMILES string of the molecule is CC.CC.CC.CC.CC#Cc1ccccc1.CC(=O)c1ccccc1.CC(C)=O.CC(C)=O.CC(C)=O.CCC.CCc1ccccc1.CCc1ccccc1. The second kappa shape index (κ2) is 66.0. The van der Waals surface area contributed by atoms with Gasteiger partial charge < -0.3 is 14.4 Å². The summed E-state index contributed by atoms with van der Waals surface area (Å²) in [5.74, 6) is 6.41. The van der Waals surface area contributed by atoms with Crippen LogP contribution in [-0.2, 0) is 27.2 Å². The van der Waals surface area contributed by atoms with E-state index in [1.54, 1.807) is 6.92 Å². The summed E-state index contributed by atoms with van der Waals surface area (Å²) in [5.41, 5.74) is 4.68. The zero-order valence-electron chi connectivity index (χ0n) is 40.3. The molecule has 0 saturated heterocycles. The Balaban J connectivity index is -0.0000000801. The van der Waals surface area contributed by atoms with Gasteiger partial charge in [0.25, 0.3) is 0 Å². The summed E-state index contributed by atoms with van der Waals surface area (Å²) in [7, 11) is 0. The number of Topliss-reactive ketones (excluding diaryl/α,β-unsaturated/α-hetero) is 4. The summed E-state index contributed by atoms with van der Waals surface area (Å²) >= 11 is 0. The normalized spacial score (nSPS) is 7.30. The fourth-order valence-corrected chi connectivity index (χ4v) is 2.77. The first-order chi connectivity index (χ1) is 27.2. The van der Waals surface area contributed by atoms with Gasteiger partial charge in [0.05, 0.1) is 0 Å². The van der Waals surface area contributed by atoms with Crippen molar-refractivity contribution in [1.29, 1.82) is 0 Å². The monoisotopic (exact) mass is 787 g/mol. The number of hydrogen-bond donors (Lipinski definition) is 0. The van der Waals surface area contributed by atoms with Gasteiger partial charge in [-0.2, -0.15) is 0 Å². The molecule has 4 nitrogen and oxygen atoms in total. The molecule has 0 amide bonds. The fraction of sp³-hybridized carbons (Fsp3) is 0.434. The summed E-state index contributed by atoms with van der Waals surface area (Å²) in [6, 6.07) is 40.1. The van der Waals surface area contributed by atoms with Crippen molar-refractivity contribution in [2.75, 3.05) is 0 Å². The van der Waals surface area contributed by atoms with E-state index in [9.17, 15) is 19.2 Å². The average Bonchev–Trinajstić information content (AvgIpc) is 3.23. The molecule has 4 aromatic rings. The van der Waals surface area contributed by atoms with Gasteiger partial charge in [0.2, 0.25) is 0 Å². The lowest BCUT2D eigenvalue weighted by Gasteiger charge is -1.89. The molecule has 0 atom stereocenters. The van der Waals surface area contributed by atoms with Gasteiger partial charge in [0, 0.05) is 11.1 Å². The van der Waals surface area contributed by atoms with Crippen molar-refractivity contribution in [3.8, 4) is 11.8 Å². The van der Waals surface area contributed by atoms with E-state index < -0.39 is 0 Å². The van der Waals surface area contributed by atoms with E-state index in [0.717, 1.165) is 24.0 Å². The summed E-state index contributed by atoms with van der Waals surface area (Å²) < 4.78 is 0. The molecule has 57 heavy (non-hydrogen) atoms. The van der Waals surface area contributed by atoms with E-state index in [1.807, 2.05) is 135 Å². The van der Waals surface area contributed by atoms with Crippen LogP contribution in [0.5, 0.6) is 0 Å². The van der Waals surface area contributed by atoms with E-state index in [-0.39, 0.29) is 23.1 Å². The first kappa shape index (κ1) is 70.0. The lowest BCUT2D eigenvalue weighted by Crippen LogP contribution is -1.88. The average molecular weight is 787 g/mol. The molecule has 0 aliphatic rings. The molecule has 4 rings (SSSR count). The highest BCUT2D eigenvalue weighted by molar-refractivity contribution is 5.93. The molecule has 0 aliphatic carbocycles. The molecule has 0 spiro atoms. The molecule has 0 aliphatic heterocycles. The van der Waals surface area contributed by atoms with E-state index in [0.29, 0.717) is 0 Å². The molecule has 0 radical (unpaired) electrons. The first-order valence-corrected chi connectivity index (χ1v) is 20.7. The van der Waals surface area contributed by atoms with Crippen LogP contribution in [0.1, 0.15) is 172 Å². The van der Waals surface area contributed by atoms with Crippen molar-refractivity contribution in [3.05, 3.63) is 144 Å². The predicted molar refractivity (Wildman–Crippen MR) is 258 cm³/mol. The summed E-state index contributed by atoms with van der Waals surface area (Å²) in [6.45, 7) is 37.1. The highest BCUT2D eigenvalue weighted by Crippen LogP contribution is 1.99. The minimum atomic E-state index is 0.121. The van der Waals surface area contributed by atoms with Gasteiger partial charge in [0.1, 0.15) is 17.3 Å². The van der Waals surface area contributed by atoms with Gasteiger partial charge in [-0.25, -0.2) is 0 Å². The number of ketones is 4. The molecule has 0 saturated carbocycles. The largest absolute Gasteiger partial charge is 0.300 e. The van der Waals surface area contributed by atoms with Crippen LogP contribution in [0, 0.1) is 11.8 Å². The minimum absolute atomic E-state index is 0.121. The van der Waals surface area contributed by atoms with Crippen molar-refractivity contribution >= 4 is 23.1 Å². The van der Waals surface area contributed by atoms with Crippen LogP contribution in [0.2, 0.25) is 0 Å². The Bertz CT molecular complexity index is 1300. The molecule has 4 heteroatoms. The van der Waals surface area contributed by atoms with Crippen LogP contribution in [0.15, 0.2) is 121 Å². The molecular weight excluding hydrogens is 701 g/mol. The zero-order valence-corrected chi connectivity index (χ0v) is 40.3. The Morgan fingerprint density at radius 1 is 0.404 bits per heavy atom. The Kier molecular flexibility index (Phi) is 81.0. The van der Waals surface area contributed by atoms with Crippen molar-refractivity contribution in [2.45, 2.75) is 158 Å². The lowest BCUT2D eigenvalue weighted by molar-refractivity contribution is -0.115. The number of carbonyl (C=O) groups is 4. The molecular formula is C53H86O4. The molecule has 0 N–H and O–H groups in total. The molecule has 0 bridgehead atoms. The molecule has 0 unspecified atom stereocenters. The lowest BCUT2D eigenvalue weighted by atomic mass is 10.2. The number of carbonyl (C=O) groups excluding carboxylic acids is 4. The third-order valence-electron chi connectivity index (χ3n) is 4.73. The quantitative estimate of drug-likeness (QED) is 0.153. The Morgan fingerprint density at radius 2 is 0.614 bits per heavy atom. The van der Waals surface area contributed by atoms with E-state index >= 15 is 0 Å². The molecule has 0 aromatic heterocycles. The Labute approximate surface area is 354 Å². The predicted octanol–water partition coefficient (Wildman–Crippen LogP) is 15.8. The summed E-state index contributed by atoms with van der Waals surface area (Å²) in [5, 5.41) is 0. The minimum Gasteiger partial charge on any atom is -0.300 e. The Morgan fingerprint density at radius 3 is 0.772 bits per heavy atom. The zero-order chi connectivity index (χ0) is 46.3. The summed E-state index contributed by atoms with van der Waals surface area (Å²) in [6.07, 6.45) is 3.53. The van der Waals surface area contributed by atoms with Gasteiger partial charge in [-0.05, 0) is 91.5 Å². The maximum absolute atomic E-state index is 10.6. The topological polar surface area (TPSA) is 68.3 Å². The fourth-order valence-electron chi connectivity index (χ4n) is 2.77. The third kappa shape index (κ3) is 84.9. The highest BCUT2D eigenvalue weighted by atomic mass is 16.1. The van der Waals surface area contributed by atoms with E-state index in [4.69, 9.17) is 0 Å². The number of hydrogen-bond acceptors (Lipinski definition) is 4. The van der Waals surface area contributed by atoms with E-state index in [2.05, 4.69) is 88.1 Å². The molecule has 0 heterocycles. The van der Waals surface area contributed by atoms with E-state index in [1.165, 1.54) is 59.1 Å². The highest BCUT2D eigenvalue weighted by Gasteiger charge is 1.92. The maximum atomic E-state index is 10.6.